The molecule has 4 heteroatoms. The third-order valence-corrected chi connectivity index (χ3v) is 2.36. The molecule has 0 aliphatic carbocycles. The van der Waals surface area contributed by atoms with Crippen molar-refractivity contribution >= 4 is 0 Å². The summed E-state index contributed by atoms with van der Waals surface area (Å²) in [6, 6.07) is 19.1. The highest BCUT2D eigenvalue weighted by Crippen LogP contribution is 2.13. The summed E-state index contributed by atoms with van der Waals surface area (Å²) < 4.78 is 0. The molecule has 0 fully saturated rings. The van der Waals surface area contributed by atoms with Gasteiger partial charge in [-0.1, -0.05) is 36.4 Å². The van der Waals surface area contributed by atoms with Crippen LogP contribution in [0.3, 0.4) is 0 Å². The van der Waals surface area contributed by atoms with Crippen LogP contribution in [0, 0.1) is 0 Å². The van der Waals surface area contributed by atoms with Gasteiger partial charge in [-0.25, -0.2) is 0 Å². The molecule has 0 bridgehead atoms. The van der Waals surface area contributed by atoms with Crippen LogP contribution >= 0.6 is 0 Å². The van der Waals surface area contributed by atoms with Crippen molar-refractivity contribution in [2.45, 2.75) is 0 Å². The number of hydrogen-bond donors (Lipinski definition) is 0. The van der Waals surface area contributed by atoms with Gasteiger partial charge < -0.3 is 9.68 Å². The van der Waals surface area contributed by atoms with Crippen LogP contribution in [0.2, 0.25) is 0 Å². The predicted molar refractivity (Wildman–Crippen MR) is 69.7 cm³/mol. The van der Waals surface area contributed by atoms with Crippen LogP contribution in [-0.4, -0.2) is 24.4 Å². The number of benzene rings is 2. The van der Waals surface area contributed by atoms with Gasteiger partial charge in [-0.05, 0) is 34.6 Å². The highest BCUT2D eigenvalue weighted by Gasteiger charge is 2.09. The summed E-state index contributed by atoms with van der Waals surface area (Å²) in [5.41, 5.74) is 0. The molecule has 0 spiro atoms. The van der Waals surface area contributed by atoms with Gasteiger partial charge in [-0.2, -0.15) is 0 Å². The summed E-state index contributed by atoms with van der Waals surface area (Å²) in [7, 11) is 3.55. The van der Waals surface area contributed by atoms with E-state index < -0.39 is 0 Å². The van der Waals surface area contributed by atoms with E-state index >= 15 is 0 Å². The van der Waals surface area contributed by atoms with E-state index in [0.717, 1.165) is 11.5 Å². The van der Waals surface area contributed by atoms with Crippen LogP contribution in [0.4, 0.5) is 0 Å². The van der Waals surface area contributed by atoms with E-state index in [2.05, 4.69) is 0 Å². The van der Waals surface area contributed by atoms with Gasteiger partial charge in [-0.15, -0.1) is 0 Å². The fourth-order valence-electron chi connectivity index (χ4n) is 1.38. The first-order chi connectivity index (χ1) is 8.75. The topological polar surface area (TPSA) is 24.9 Å². The minimum absolute atomic E-state index is 0.753. The summed E-state index contributed by atoms with van der Waals surface area (Å²) >= 11 is 0. The molecule has 18 heavy (non-hydrogen) atoms. The lowest BCUT2D eigenvalue weighted by molar-refractivity contribution is -0.305. The van der Waals surface area contributed by atoms with Crippen LogP contribution in [-0.2, 0) is 0 Å². The van der Waals surface area contributed by atoms with Gasteiger partial charge in [0.2, 0.25) is 0 Å². The van der Waals surface area contributed by atoms with E-state index in [1.165, 1.54) is 10.3 Å². The van der Waals surface area contributed by atoms with Gasteiger partial charge in [0.05, 0.1) is 0 Å². The standard InChI is InChI=1S/C14H16N2O2/c1-15(17-13-9-5-3-6-10-13)16(2)18-14-11-7-4-8-12-14/h3-12H,1-2H3. The average molecular weight is 244 g/mol. The molecule has 2 aromatic carbocycles. The largest absolute Gasteiger partial charge is 0.388 e. The van der Waals surface area contributed by atoms with Gasteiger partial charge in [-0.3, -0.25) is 0 Å². The third kappa shape index (κ3) is 3.48. The Morgan fingerprint density at radius 1 is 0.611 bits per heavy atom. The number of hydrazine groups is 1. The number of hydroxylamine groups is 2. The molecule has 2 aromatic rings. The molecule has 2 rings (SSSR count). The molecule has 0 heterocycles. The summed E-state index contributed by atoms with van der Waals surface area (Å²) in [6.07, 6.45) is 0. The predicted octanol–water partition coefficient (Wildman–Crippen LogP) is 2.75. The van der Waals surface area contributed by atoms with Gasteiger partial charge >= 0.3 is 0 Å². The zero-order valence-corrected chi connectivity index (χ0v) is 10.5. The normalized spacial score (nSPS) is 10.7. The highest BCUT2D eigenvalue weighted by atomic mass is 16.8. The van der Waals surface area contributed by atoms with Gasteiger partial charge in [0, 0.05) is 14.1 Å². The molecule has 94 valence electrons. The molecular formula is C14H16N2O2. The Morgan fingerprint density at radius 2 is 0.944 bits per heavy atom. The lowest BCUT2D eigenvalue weighted by Gasteiger charge is -2.26. The van der Waals surface area contributed by atoms with E-state index in [4.69, 9.17) is 9.68 Å². The Labute approximate surface area is 107 Å². The lowest BCUT2D eigenvalue weighted by atomic mass is 10.3. The van der Waals surface area contributed by atoms with E-state index in [-0.39, 0.29) is 0 Å². The molecule has 0 aromatic heterocycles. The quantitative estimate of drug-likeness (QED) is 0.755. The summed E-state index contributed by atoms with van der Waals surface area (Å²) in [6.45, 7) is 0. The van der Waals surface area contributed by atoms with Crippen molar-refractivity contribution in [2.24, 2.45) is 0 Å². The molecule has 0 amide bonds. The second-order valence-electron chi connectivity index (χ2n) is 3.74. The number of hydrogen-bond acceptors (Lipinski definition) is 4. The summed E-state index contributed by atoms with van der Waals surface area (Å²) in [5.74, 6) is 1.51. The molecule has 0 atom stereocenters. The molecule has 0 N–H and O–H groups in total. The molecule has 0 saturated heterocycles. The average Bonchev–Trinajstić information content (AvgIpc) is 2.41. The molecule has 0 unspecified atom stereocenters. The van der Waals surface area contributed by atoms with Crippen molar-refractivity contribution in [3.05, 3.63) is 60.7 Å². The zero-order chi connectivity index (χ0) is 12.8. The lowest BCUT2D eigenvalue weighted by Crippen LogP contribution is -2.41. The van der Waals surface area contributed by atoms with E-state index in [1.54, 1.807) is 14.1 Å². The number of rotatable bonds is 5. The first-order valence-corrected chi connectivity index (χ1v) is 5.69. The Morgan fingerprint density at radius 3 is 1.28 bits per heavy atom. The Balaban J connectivity index is 1.91. The van der Waals surface area contributed by atoms with Crippen LogP contribution < -0.4 is 9.68 Å². The van der Waals surface area contributed by atoms with Gasteiger partial charge in [0.15, 0.2) is 0 Å². The van der Waals surface area contributed by atoms with Crippen molar-refractivity contribution in [3.8, 4) is 11.5 Å². The number of para-hydroxylation sites is 2. The van der Waals surface area contributed by atoms with Crippen molar-refractivity contribution in [2.75, 3.05) is 14.1 Å². The smallest absolute Gasteiger partial charge is 0.149 e. The zero-order valence-electron chi connectivity index (χ0n) is 10.5. The maximum Gasteiger partial charge on any atom is 0.149 e. The van der Waals surface area contributed by atoms with E-state index in [9.17, 15) is 0 Å². The Hall–Kier alpha value is -2.04. The van der Waals surface area contributed by atoms with Gasteiger partial charge in [0.25, 0.3) is 0 Å². The SMILES string of the molecule is CN(Oc1ccccc1)N(C)Oc1ccccc1. The van der Waals surface area contributed by atoms with Gasteiger partial charge in [0.1, 0.15) is 11.5 Å². The first-order valence-electron chi connectivity index (χ1n) is 5.69. The molecule has 0 aliphatic rings. The molecule has 0 aliphatic heterocycles. The Kier molecular flexibility index (Phi) is 4.17. The fourth-order valence-corrected chi connectivity index (χ4v) is 1.38. The Bertz CT molecular complexity index is 416. The second kappa shape index (κ2) is 6.05. The maximum atomic E-state index is 5.58. The third-order valence-electron chi connectivity index (χ3n) is 2.36. The van der Waals surface area contributed by atoms with Crippen LogP contribution in [0.1, 0.15) is 0 Å². The van der Waals surface area contributed by atoms with E-state index in [0.29, 0.717) is 0 Å². The minimum Gasteiger partial charge on any atom is -0.388 e. The summed E-state index contributed by atoms with van der Waals surface area (Å²) in [4.78, 5) is 11.2. The van der Waals surface area contributed by atoms with Crippen molar-refractivity contribution < 1.29 is 9.68 Å². The molecular weight excluding hydrogens is 228 g/mol. The van der Waals surface area contributed by atoms with Crippen molar-refractivity contribution in [3.63, 3.8) is 0 Å². The molecule has 4 nitrogen and oxygen atoms in total. The van der Waals surface area contributed by atoms with Crippen LogP contribution in [0.5, 0.6) is 11.5 Å². The van der Waals surface area contributed by atoms with Crippen LogP contribution in [0.15, 0.2) is 60.7 Å². The fraction of sp³-hybridized carbons (Fsp3) is 0.143. The molecule has 0 radical (unpaired) electrons. The first kappa shape index (κ1) is 12.4. The molecule has 0 saturated carbocycles. The van der Waals surface area contributed by atoms with E-state index in [1.807, 2.05) is 60.7 Å². The number of nitrogens with zero attached hydrogens (tertiary/aromatic N) is 2. The summed E-state index contributed by atoms with van der Waals surface area (Å²) in [5, 5.41) is 3.03. The highest BCUT2D eigenvalue weighted by molar-refractivity contribution is 5.21. The second-order valence-corrected chi connectivity index (χ2v) is 3.74. The van der Waals surface area contributed by atoms with Crippen molar-refractivity contribution in [1.29, 1.82) is 0 Å². The van der Waals surface area contributed by atoms with Crippen LogP contribution in [0.25, 0.3) is 0 Å². The monoisotopic (exact) mass is 244 g/mol. The maximum absolute atomic E-state index is 5.58. The minimum atomic E-state index is 0.753. The van der Waals surface area contributed by atoms with Crippen molar-refractivity contribution in [1.82, 2.24) is 10.3 Å².